The highest BCUT2D eigenvalue weighted by molar-refractivity contribution is 7.99. The molecule has 0 amide bonds. The van der Waals surface area contributed by atoms with Gasteiger partial charge in [-0.05, 0) is 12.2 Å². The summed E-state index contributed by atoms with van der Waals surface area (Å²) in [6.07, 6.45) is 1.96. The van der Waals surface area contributed by atoms with Crippen LogP contribution in [-0.4, -0.2) is 41.2 Å². The number of halogens is 1. The number of rotatable bonds is 5. The van der Waals surface area contributed by atoms with Crippen LogP contribution in [0.2, 0.25) is 0 Å². The van der Waals surface area contributed by atoms with E-state index >= 15 is 0 Å². The van der Waals surface area contributed by atoms with Crippen LogP contribution in [0, 0.1) is 0 Å². The van der Waals surface area contributed by atoms with Crippen LogP contribution in [0.1, 0.15) is 18.3 Å². The number of aryl methyl sites for hydroxylation is 1. The molecule has 3 rings (SSSR count). The van der Waals surface area contributed by atoms with Gasteiger partial charge in [0.1, 0.15) is 5.82 Å². The normalized spacial score (nSPS) is 18.3. The smallest absolute Gasteiger partial charge is 0.163 e. The fraction of sp³-hybridized carbons (Fsp3) is 0.533. The summed E-state index contributed by atoms with van der Waals surface area (Å²) in [5.74, 6) is 5.44. The van der Waals surface area contributed by atoms with Crippen LogP contribution in [0.3, 0.4) is 0 Å². The Kier molecular flexibility index (Phi) is 4.50. The van der Waals surface area contributed by atoms with Gasteiger partial charge in [0.25, 0.3) is 0 Å². The second-order valence-corrected chi connectivity index (χ2v) is 6.58. The van der Waals surface area contributed by atoms with Crippen LogP contribution < -0.4 is 9.47 Å². The minimum absolute atomic E-state index is 0.497. The number of ether oxygens (including phenoxy) is 2. The van der Waals surface area contributed by atoms with E-state index in [1.54, 1.807) is 14.2 Å². The van der Waals surface area contributed by atoms with E-state index in [4.69, 9.17) is 26.1 Å². The maximum atomic E-state index is 5.95. The number of hydrogen-bond donors (Lipinski definition) is 0. The molecule has 2 aromatic rings. The zero-order valence-corrected chi connectivity index (χ0v) is 13.8. The third-order valence-corrected chi connectivity index (χ3v) is 5.19. The molecule has 1 aromatic carbocycles. The summed E-state index contributed by atoms with van der Waals surface area (Å²) >= 11 is 7.95. The highest BCUT2D eigenvalue weighted by Crippen LogP contribution is 2.37. The molecule has 1 aliphatic heterocycles. The van der Waals surface area contributed by atoms with Crippen LogP contribution in [0.15, 0.2) is 12.1 Å². The molecule has 1 fully saturated rings. The van der Waals surface area contributed by atoms with Crippen molar-refractivity contribution in [3.8, 4) is 11.5 Å². The maximum Gasteiger partial charge on any atom is 0.163 e. The van der Waals surface area contributed by atoms with Crippen LogP contribution in [-0.2, 0) is 6.42 Å². The van der Waals surface area contributed by atoms with Crippen LogP contribution in [0.25, 0.3) is 11.0 Å². The number of thioether (sulfide) groups is 1. The number of imidazole rings is 1. The number of fused-ring (bicyclic) bond motifs is 1. The monoisotopic (exact) mass is 326 g/mol. The molecular weight excluding hydrogens is 308 g/mol. The topological polar surface area (TPSA) is 36.3 Å². The van der Waals surface area contributed by atoms with Crippen molar-refractivity contribution in [2.45, 2.75) is 18.9 Å². The summed E-state index contributed by atoms with van der Waals surface area (Å²) in [7, 11) is 3.31. The van der Waals surface area contributed by atoms with Crippen LogP contribution in [0.5, 0.6) is 11.5 Å². The van der Waals surface area contributed by atoms with E-state index in [1.165, 1.54) is 12.2 Å². The molecule has 4 nitrogen and oxygen atoms in total. The Hall–Kier alpha value is -1.07. The fourth-order valence-electron chi connectivity index (χ4n) is 2.87. The quantitative estimate of drug-likeness (QED) is 0.788. The molecule has 1 aliphatic rings. The Morgan fingerprint density at radius 1 is 1.33 bits per heavy atom. The number of hydrogen-bond acceptors (Lipinski definition) is 4. The van der Waals surface area contributed by atoms with Gasteiger partial charge in [0.2, 0.25) is 0 Å². The Labute approximate surface area is 133 Å². The fourth-order valence-corrected chi connectivity index (χ4v) is 4.23. The molecule has 0 saturated carbocycles. The third-order valence-electron chi connectivity index (χ3n) is 3.86. The van der Waals surface area contributed by atoms with Crippen LogP contribution >= 0.6 is 23.4 Å². The molecule has 2 heterocycles. The Bertz CT molecular complexity index is 638. The van der Waals surface area contributed by atoms with Gasteiger partial charge in [-0.15, -0.1) is 11.6 Å². The van der Waals surface area contributed by atoms with Crippen molar-refractivity contribution in [3.63, 3.8) is 0 Å². The van der Waals surface area contributed by atoms with Gasteiger partial charge in [-0.25, -0.2) is 4.98 Å². The second-order valence-electron chi connectivity index (χ2n) is 5.05. The van der Waals surface area contributed by atoms with Crippen molar-refractivity contribution in [2.75, 3.05) is 31.6 Å². The van der Waals surface area contributed by atoms with E-state index in [1.807, 2.05) is 23.9 Å². The molecule has 21 heavy (non-hydrogen) atoms. The average Bonchev–Trinajstić information content (AvgIpc) is 3.12. The average molecular weight is 327 g/mol. The van der Waals surface area contributed by atoms with E-state index in [2.05, 4.69) is 4.57 Å². The standard InChI is InChI=1S/C15H19ClN2O2S/c1-19-13-7-11-12(8-14(13)20-2)18(10-4-6-21-9-10)15(17-11)3-5-16/h7-8,10H,3-6,9H2,1-2H3. The Morgan fingerprint density at radius 3 is 2.71 bits per heavy atom. The van der Waals surface area contributed by atoms with Gasteiger partial charge in [0.15, 0.2) is 11.5 Å². The molecule has 1 aromatic heterocycles. The molecule has 1 unspecified atom stereocenters. The minimum Gasteiger partial charge on any atom is -0.493 e. The first-order chi connectivity index (χ1) is 10.3. The Balaban J connectivity index is 2.18. The van der Waals surface area contributed by atoms with Gasteiger partial charge in [0.05, 0.1) is 25.3 Å². The molecule has 114 valence electrons. The van der Waals surface area contributed by atoms with Crippen molar-refractivity contribution in [1.29, 1.82) is 0 Å². The van der Waals surface area contributed by atoms with Gasteiger partial charge in [-0.3, -0.25) is 0 Å². The van der Waals surface area contributed by atoms with Gasteiger partial charge < -0.3 is 14.0 Å². The van der Waals surface area contributed by atoms with E-state index in [-0.39, 0.29) is 0 Å². The van der Waals surface area contributed by atoms with E-state index in [0.29, 0.717) is 17.7 Å². The summed E-state index contributed by atoms with van der Waals surface area (Å²) in [6, 6.07) is 4.48. The van der Waals surface area contributed by atoms with Crippen molar-refractivity contribution in [2.24, 2.45) is 0 Å². The number of alkyl halides is 1. The Morgan fingerprint density at radius 2 is 2.10 bits per heavy atom. The highest BCUT2D eigenvalue weighted by Gasteiger charge is 2.24. The van der Waals surface area contributed by atoms with Crippen molar-refractivity contribution < 1.29 is 9.47 Å². The van der Waals surface area contributed by atoms with Crippen LogP contribution in [0.4, 0.5) is 0 Å². The van der Waals surface area contributed by atoms with E-state index in [9.17, 15) is 0 Å². The van der Waals surface area contributed by atoms with Gasteiger partial charge in [0, 0.05) is 36.2 Å². The van der Waals surface area contributed by atoms with Crippen molar-refractivity contribution in [3.05, 3.63) is 18.0 Å². The third kappa shape index (κ3) is 2.69. The molecule has 0 N–H and O–H groups in total. The first-order valence-electron chi connectivity index (χ1n) is 7.05. The molecule has 1 atom stereocenters. The van der Waals surface area contributed by atoms with Gasteiger partial charge >= 0.3 is 0 Å². The predicted octanol–water partition coefficient (Wildman–Crippen LogP) is 3.51. The SMILES string of the molecule is COc1cc2nc(CCCl)n(C3CCSC3)c2cc1OC. The second kappa shape index (κ2) is 6.36. The lowest BCUT2D eigenvalue weighted by molar-refractivity contribution is 0.355. The summed E-state index contributed by atoms with van der Waals surface area (Å²) in [4.78, 5) is 4.76. The summed E-state index contributed by atoms with van der Waals surface area (Å²) in [5.41, 5.74) is 2.06. The lowest BCUT2D eigenvalue weighted by atomic mass is 10.2. The lowest BCUT2D eigenvalue weighted by Crippen LogP contribution is -2.12. The molecule has 0 radical (unpaired) electrons. The predicted molar refractivity (Wildman–Crippen MR) is 88.2 cm³/mol. The summed E-state index contributed by atoms with van der Waals surface area (Å²) < 4.78 is 13.2. The lowest BCUT2D eigenvalue weighted by Gasteiger charge is -2.16. The number of aromatic nitrogens is 2. The molecule has 0 aliphatic carbocycles. The van der Waals surface area contributed by atoms with E-state index in [0.717, 1.165) is 34.8 Å². The van der Waals surface area contributed by atoms with Gasteiger partial charge in [-0.2, -0.15) is 11.8 Å². The highest BCUT2D eigenvalue weighted by atomic mass is 35.5. The molecule has 1 saturated heterocycles. The number of methoxy groups -OCH3 is 2. The number of benzene rings is 1. The summed E-state index contributed by atoms with van der Waals surface area (Å²) in [5, 5.41) is 0. The van der Waals surface area contributed by atoms with Gasteiger partial charge in [-0.1, -0.05) is 0 Å². The zero-order valence-electron chi connectivity index (χ0n) is 12.3. The molecular formula is C15H19ClN2O2S. The first kappa shape index (κ1) is 14.9. The number of nitrogens with zero attached hydrogens (tertiary/aromatic N) is 2. The molecule has 0 bridgehead atoms. The zero-order chi connectivity index (χ0) is 14.8. The van der Waals surface area contributed by atoms with Crippen molar-refractivity contribution >= 4 is 34.4 Å². The molecule has 0 spiro atoms. The van der Waals surface area contributed by atoms with E-state index < -0.39 is 0 Å². The maximum absolute atomic E-state index is 5.95. The van der Waals surface area contributed by atoms with Crippen molar-refractivity contribution in [1.82, 2.24) is 9.55 Å². The largest absolute Gasteiger partial charge is 0.493 e. The summed E-state index contributed by atoms with van der Waals surface area (Å²) in [6.45, 7) is 0. The molecule has 6 heteroatoms. The first-order valence-corrected chi connectivity index (χ1v) is 8.74. The minimum atomic E-state index is 0.497.